The molecule has 2 aromatic rings. The third-order valence-electron chi connectivity index (χ3n) is 2.95. The number of pyridine rings is 1. The summed E-state index contributed by atoms with van der Waals surface area (Å²) in [5, 5.41) is 0.639. The molecule has 0 fully saturated rings. The Morgan fingerprint density at radius 3 is 2.68 bits per heavy atom. The third kappa shape index (κ3) is 2.31. The predicted octanol–water partition coefficient (Wildman–Crippen LogP) is 1.72. The van der Waals surface area contributed by atoms with Gasteiger partial charge >= 0.3 is 5.97 Å². The van der Waals surface area contributed by atoms with Gasteiger partial charge in [0.15, 0.2) is 0 Å². The second kappa shape index (κ2) is 5.14. The van der Waals surface area contributed by atoms with Crippen LogP contribution < -0.4 is 10.3 Å². The normalized spacial score (nSPS) is 10.5. The minimum absolute atomic E-state index is 0.249. The summed E-state index contributed by atoms with van der Waals surface area (Å²) >= 11 is 0. The Balaban J connectivity index is 2.78. The molecule has 0 unspecified atom stereocenters. The van der Waals surface area contributed by atoms with E-state index in [4.69, 9.17) is 9.47 Å². The number of rotatable bonds is 3. The highest BCUT2D eigenvalue weighted by molar-refractivity contribution is 6.03. The molecule has 0 saturated carbocycles. The maximum atomic E-state index is 11.9. The molecule has 0 N–H and O–H groups in total. The first kappa shape index (κ1) is 13.1. The number of methoxy groups -OCH3 is 1. The van der Waals surface area contributed by atoms with Crippen LogP contribution in [0.25, 0.3) is 10.9 Å². The van der Waals surface area contributed by atoms with Gasteiger partial charge in [0.05, 0.1) is 24.8 Å². The van der Waals surface area contributed by atoms with E-state index in [0.29, 0.717) is 16.7 Å². The largest absolute Gasteiger partial charge is 0.497 e. The molecular formula is C14H15NO4. The van der Waals surface area contributed by atoms with Gasteiger partial charge in [-0.1, -0.05) is 0 Å². The van der Waals surface area contributed by atoms with Gasteiger partial charge in [-0.25, -0.2) is 4.79 Å². The van der Waals surface area contributed by atoms with Crippen LogP contribution in [0.5, 0.6) is 5.75 Å². The number of ether oxygens (including phenoxy) is 2. The summed E-state index contributed by atoms with van der Waals surface area (Å²) in [5.74, 6) is 0.121. The summed E-state index contributed by atoms with van der Waals surface area (Å²) in [5.41, 5.74) is 0.677. The number of hydrogen-bond acceptors (Lipinski definition) is 4. The Hall–Kier alpha value is -2.30. The van der Waals surface area contributed by atoms with Gasteiger partial charge in [0.1, 0.15) is 5.75 Å². The number of carbonyl (C=O) groups excluding carboxylic acids is 1. The first-order valence-electron chi connectivity index (χ1n) is 5.93. The molecule has 0 atom stereocenters. The van der Waals surface area contributed by atoms with Crippen molar-refractivity contribution in [1.29, 1.82) is 0 Å². The van der Waals surface area contributed by atoms with Crippen molar-refractivity contribution in [2.45, 2.75) is 6.92 Å². The van der Waals surface area contributed by atoms with Gasteiger partial charge in [0.25, 0.3) is 5.56 Å². The number of hydrogen-bond donors (Lipinski definition) is 0. The van der Waals surface area contributed by atoms with Gasteiger partial charge in [-0.2, -0.15) is 0 Å². The number of aryl methyl sites for hydroxylation is 1. The van der Waals surface area contributed by atoms with Crippen LogP contribution in [-0.2, 0) is 11.8 Å². The van der Waals surface area contributed by atoms with E-state index in [1.165, 1.54) is 10.6 Å². The van der Waals surface area contributed by atoms with E-state index < -0.39 is 5.97 Å². The van der Waals surface area contributed by atoms with Crippen LogP contribution in [0.3, 0.4) is 0 Å². The summed E-state index contributed by atoms with van der Waals surface area (Å²) in [6, 6.07) is 6.51. The predicted molar refractivity (Wildman–Crippen MR) is 71.7 cm³/mol. The first-order valence-corrected chi connectivity index (χ1v) is 5.93. The number of fused-ring (bicyclic) bond motifs is 1. The third-order valence-corrected chi connectivity index (χ3v) is 2.95. The van der Waals surface area contributed by atoms with E-state index in [1.807, 2.05) is 0 Å². The fraction of sp³-hybridized carbons (Fsp3) is 0.286. The molecule has 0 spiro atoms. The molecule has 0 aliphatic heterocycles. The number of aromatic nitrogens is 1. The van der Waals surface area contributed by atoms with Crippen LogP contribution in [0.4, 0.5) is 0 Å². The Bertz CT molecular complexity index is 688. The second-order valence-corrected chi connectivity index (χ2v) is 4.06. The standard InChI is InChI=1S/C14H15NO4/c1-4-19-14(17)11-8-13(16)15(2)12-6-5-9(18-3)7-10(11)12/h5-8H,4H2,1-3H3. The van der Waals surface area contributed by atoms with E-state index in [9.17, 15) is 9.59 Å². The van der Waals surface area contributed by atoms with Crippen molar-refractivity contribution < 1.29 is 14.3 Å². The van der Waals surface area contributed by atoms with Crippen LogP contribution in [0, 0.1) is 0 Å². The van der Waals surface area contributed by atoms with Crippen molar-refractivity contribution in [3.63, 3.8) is 0 Å². The van der Waals surface area contributed by atoms with E-state index in [1.54, 1.807) is 39.3 Å². The molecule has 1 aromatic carbocycles. The maximum Gasteiger partial charge on any atom is 0.339 e. The topological polar surface area (TPSA) is 57.5 Å². The van der Waals surface area contributed by atoms with E-state index in [2.05, 4.69) is 0 Å². The molecule has 0 saturated heterocycles. The van der Waals surface area contributed by atoms with Crippen LogP contribution in [0.2, 0.25) is 0 Å². The van der Waals surface area contributed by atoms with Crippen LogP contribution in [-0.4, -0.2) is 24.3 Å². The lowest BCUT2D eigenvalue weighted by Gasteiger charge is -2.10. The highest BCUT2D eigenvalue weighted by Crippen LogP contribution is 2.23. The Labute approximate surface area is 110 Å². The highest BCUT2D eigenvalue weighted by atomic mass is 16.5. The van der Waals surface area contributed by atoms with Crippen LogP contribution >= 0.6 is 0 Å². The van der Waals surface area contributed by atoms with E-state index in [0.717, 1.165) is 0 Å². The van der Waals surface area contributed by atoms with Crippen molar-refractivity contribution in [3.05, 3.63) is 40.2 Å². The summed E-state index contributed by atoms with van der Waals surface area (Å²) in [6.07, 6.45) is 0. The summed E-state index contributed by atoms with van der Waals surface area (Å²) in [6.45, 7) is 1.99. The van der Waals surface area contributed by atoms with Gasteiger partial charge in [-0.15, -0.1) is 0 Å². The average Bonchev–Trinajstić information content (AvgIpc) is 2.42. The van der Waals surface area contributed by atoms with E-state index >= 15 is 0 Å². The van der Waals surface area contributed by atoms with Crippen molar-refractivity contribution in [1.82, 2.24) is 4.57 Å². The molecule has 0 radical (unpaired) electrons. The molecule has 5 heteroatoms. The molecule has 2 rings (SSSR count). The Kier molecular flexibility index (Phi) is 3.55. The molecule has 0 amide bonds. The number of carbonyl (C=O) groups is 1. The summed E-state index contributed by atoms with van der Waals surface area (Å²) < 4.78 is 11.6. The number of benzene rings is 1. The SMILES string of the molecule is CCOC(=O)c1cc(=O)n(C)c2ccc(OC)cc12. The molecule has 5 nitrogen and oxygen atoms in total. The molecule has 1 heterocycles. The molecule has 1 aromatic heterocycles. The fourth-order valence-corrected chi connectivity index (χ4v) is 1.94. The minimum atomic E-state index is -0.501. The van der Waals surface area contributed by atoms with Crippen LogP contribution in [0.1, 0.15) is 17.3 Å². The molecular weight excluding hydrogens is 246 g/mol. The van der Waals surface area contributed by atoms with Crippen molar-refractivity contribution in [2.24, 2.45) is 7.05 Å². The highest BCUT2D eigenvalue weighted by Gasteiger charge is 2.15. The Morgan fingerprint density at radius 1 is 1.32 bits per heavy atom. The zero-order valence-electron chi connectivity index (χ0n) is 11.1. The molecule has 19 heavy (non-hydrogen) atoms. The van der Waals surface area contributed by atoms with Crippen molar-refractivity contribution >= 4 is 16.9 Å². The monoisotopic (exact) mass is 261 g/mol. The fourth-order valence-electron chi connectivity index (χ4n) is 1.94. The van der Waals surface area contributed by atoms with Crippen molar-refractivity contribution in [2.75, 3.05) is 13.7 Å². The molecule has 0 bridgehead atoms. The molecule has 0 aliphatic carbocycles. The second-order valence-electron chi connectivity index (χ2n) is 4.06. The molecule has 100 valence electrons. The number of esters is 1. The summed E-state index contributed by atoms with van der Waals surface area (Å²) in [4.78, 5) is 23.8. The maximum absolute atomic E-state index is 11.9. The van der Waals surface area contributed by atoms with Crippen molar-refractivity contribution in [3.8, 4) is 5.75 Å². The molecule has 0 aliphatic rings. The first-order chi connectivity index (χ1) is 9.08. The Morgan fingerprint density at radius 2 is 2.05 bits per heavy atom. The van der Waals surface area contributed by atoms with Gasteiger partial charge in [-0.3, -0.25) is 4.79 Å². The zero-order valence-corrected chi connectivity index (χ0v) is 11.1. The lowest BCUT2D eigenvalue weighted by Crippen LogP contribution is -2.19. The lowest BCUT2D eigenvalue weighted by molar-refractivity contribution is 0.0528. The van der Waals surface area contributed by atoms with Gasteiger partial charge in [-0.05, 0) is 25.1 Å². The number of nitrogens with zero attached hydrogens (tertiary/aromatic N) is 1. The van der Waals surface area contributed by atoms with Gasteiger partial charge < -0.3 is 14.0 Å². The zero-order chi connectivity index (χ0) is 14.0. The average molecular weight is 261 g/mol. The smallest absolute Gasteiger partial charge is 0.339 e. The minimum Gasteiger partial charge on any atom is -0.497 e. The summed E-state index contributed by atoms with van der Waals surface area (Å²) in [7, 11) is 3.21. The van der Waals surface area contributed by atoms with Gasteiger partial charge in [0, 0.05) is 18.5 Å². The lowest BCUT2D eigenvalue weighted by atomic mass is 10.1. The van der Waals surface area contributed by atoms with Crippen LogP contribution in [0.15, 0.2) is 29.1 Å². The van der Waals surface area contributed by atoms with Gasteiger partial charge in [0.2, 0.25) is 0 Å². The quantitative estimate of drug-likeness (QED) is 0.789. The van der Waals surface area contributed by atoms with E-state index in [-0.39, 0.29) is 17.7 Å².